The van der Waals surface area contributed by atoms with E-state index in [2.05, 4.69) is 10.6 Å². The van der Waals surface area contributed by atoms with Gasteiger partial charge in [0.15, 0.2) is 0 Å². The number of aliphatic hydroxyl groups is 1. The first-order valence-corrected chi connectivity index (χ1v) is 10.6. The topological polar surface area (TPSA) is 114 Å². The van der Waals surface area contributed by atoms with Gasteiger partial charge < -0.3 is 25.2 Å². The molecule has 0 bridgehead atoms. The van der Waals surface area contributed by atoms with E-state index in [1.807, 2.05) is 32.0 Å². The number of carbonyl (C=O) groups is 3. The zero-order chi connectivity index (χ0) is 24.3. The fourth-order valence-corrected chi connectivity index (χ4v) is 2.85. The van der Waals surface area contributed by atoms with Crippen molar-refractivity contribution in [3.05, 3.63) is 35.9 Å². The van der Waals surface area contributed by atoms with Crippen molar-refractivity contribution in [1.82, 2.24) is 10.6 Å². The Bertz CT molecular complexity index is 736. The lowest BCUT2D eigenvalue weighted by Gasteiger charge is -2.27. The third-order valence-electron chi connectivity index (χ3n) is 4.29. The van der Waals surface area contributed by atoms with Crippen LogP contribution in [-0.4, -0.2) is 53.5 Å². The molecule has 0 spiro atoms. The molecule has 0 aliphatic carbocycles. The second-order valence-corrected chi connectivity index (χ2v) is 9.02. The van der Waals surface area contributed by atoms with Gasteiger partial charge in [-0.15, -0.1) is 0 Å². The molecule has 0 aliphatic rings. The van der Waals surface area contributed by atoms with E-state index in [1.54, 1.807) is 32.9 Å². The van der Waals surface area contributed by atoms with Gasteiger partial charge in [-0.3, -0.25) is 9.59 Å². The maximum Gasteiger partial charge on any atom is 0.408 e. The fourth-order valence-electron chi connectivity index (χ4n) is 2.85. The van der Waals surface area contributed by atoms with Gasteiger partial charge >= 0.3 is 12.1 Å². The van der Waals surface area contributed by atoms with E-state index in [0.717, 1.165) is 5.56 Å². The van der Waals surface area contributed by atoms with Gasteiger partial charge in [-0.1, -0.05) is 44.2 Å². The second-order valence-electron chi connectivity index (χ2n) is 9.02. The standard InChI is InChI=1S/C23H35FN2O6/c1-15(2)11-18(26-22(30)31-14-16-9-7-6-8-10-16)21(29)25-17(19(27)13-24)12-20(28)32-23(3,4)5/h6-10,15,17-19,27H,11-14H2,1-5H3,(H,25,29)(H,26,30)/t17?,18-,19?/m0/s1. The number of rotatable bonds is 11. The maximum atomic E-state index is 13.1. The van der Waals surface area contributed by atoms with E-state index in [0.29, 0.717) is 0 Å². The molecule has 0 saturated carbocycles. The molecule has 32 heavy (non-hydrogen) atoms. The average Bonchev–Trinajstić information content (AvgIpc) is 2.69. The fraction of sp³-hybridized carbons (Fsp3) is 0.609. The van der Waals surface area contributed by atoms with Gasteiger partial charge in [-0.2, -0.15) is 0 Å². The van der Waals surface area contributed by atoms with E-state index in [4.69, 9.17) is 9.47 Å². The Balaban J connectivity index is 2.79. The van der Waals surface area contributed by atoms with Gasteiger partial charge in [0, 0.05) is 0 Å². The summed E-state index contributed by atoms with van der Waals surface area (Å²) in [6, 6.07) is 6.85. The molecule has 180 valence electrons. The van der Waals surface area contributed by atoms with E-state index in [9.17, 15) is 23.9 Å². The van der Waals surface area contributed by atoms with Gasteiger partial charge in [0.1, 0.15) is 31.0 Å². The summed E-state index contributed by atoms with van der Waals surface area (Å²) in [6.45, 7) is 7.63. The molecule has 0 fully saturated rings. The predicted molar refractivity (Wildman–Crippen MR) is 117 cm³/mol. The molecular formula is C23H35FN2O6. The van der Waals surface area contributed by atoms with Crippen molar-refractivity contribution in [3.8, 4) is 0 Å². The Hall–Kier alpha value is -2.68. The van der Waals surface area contributed by atoms with Crippen LogP contribution in [0.1, 0.15) is 53.0 Å². The van der Waals surface area contributed by atoms with E-state index in [1.165, 1.54) is 0 Å². The van der Waals surface area contributed by atoms with Crippen LogP contribution in [0.3, 0.4) is 0 Å². The number of hydrogen-bond donors (Lipinski definition) is 3. The van der Waals surface area contributed by atoms with Gasteiger partial charge in [0.25, 0.3) is 0 Å². The quantitative estimate of drug-likeness (QED) is 0.443. The molecule has 1 aromatic rings. The van der Waals surface area contributed by atoms with Crippen molar-refractivity contribution in [1.29, 1.82) is 0 Å². The highest BCUT2D eigenvalue weighted by molar-refractivity contribution is 5.86. The largest absolute Gasteiger partial charge is 0.460 e. The number of alkyl carbamates (subject to hydrolysis) is 1. The Kier molecular flexibility index (Phi) is 11.1. The van der Waals surface area contributed by atoms with Crippen LogP contribution in [-0.2, 0) is 25.7 Å². The number of alkyl halides is 1. The van der Waals surface area contributed by atoms with Crippen molar-refractivity contribution in [2.24, 2.45) is 5.92 Å². The van der Waals surface area contributed by atoms with Crippen LogP contribution in [0, 0.1) is 5.92 Å². The first kappa shape index (κ1) is 27.4. The zero-order valence-electron chi connectivity index (χ0n) is 19.4. The molecule has 1 rings (SSSR count). The highest BCUT2D eigenvalue weighted by Gasteiger charge is 2.30. The predicted octanol–water partition coefficient (Wildman–Crippen LogP) is 2.87. The molecule has 3 atom stereocenters. The minimum Gasteiger partial charge on any atom is -0.460 e. The van der Waals surface area contributed by atoms with Crippen LogP contribution >= 0.6 is 0 Å². The summed E-state index contributed by atoms with van der Waals surface area (Å²) in [4.78, 5) is 37.2. The summed E-state index contributed by atoms with van der Waals surface area (Å²) in [7, 11) is 0. The molecule has 2 amide bonds. The summed E-state index contributed by atoms with van der Waals surface area (Å²) in [6.07, 6.45) is -2.53. The molecule has 0 radical (unpaired) electrons. The van der Waals surface area contributed by atoms with Crippen molar-refractivity contribution < 1.29 is 33.4 Å². The maximum absolute atomic E-state index is 13.1. The third kappa shape index (κ3) is 11.1. The molecule has 3 N–H and O–H groups in total. The summed E-state index contributed by atoms with van der Waals surface area (Å²) in [5, 5.41) is 14.9. The zero-order valence-corrected chi connectivity index (χ0v) is 19.4. The van der Waals surface area contributed by atoms with E-state index in [-0.39, 0.29) is 18.9 Å². The minimum atomic E-state index is -1.60. The molecule has 0 heterocycles. The molecule has 1 aromatic carbocycles. The molecule has 8 nitrogen and oxygen atoms in total. The van der Waals surface area contributed by atoms with Gasteiger partial charge in [-0.25, -0.2) is 9.18 Å². The van der Waals surface area contributed by atoms with Crippen LogP contribution < -0.4 is 10.6 Å². The number of amides is 2. The second kappa shape index (κ2) is 13.0. The Morgan fingerprint density at radius 2 is 1.72 bits per heavy atom. The number of halogens is 1. The van der Waals surface area contributed by atoms with Crippen LogP contribution in [0.25, 0.3) is 0 Å². The number of nitrogens with one attached hydrogen (secondary N) is 2. The van der Waals surface area contributed by atoms with Crippen LogP contribution in [0.2, 0.25) is 0 Å². The summed E-state index contributed by atoms with van der Waals surface area (Å²) >= 11 is 0. The molecule has 0 aromatic heterocycles. The lowest BCUT2D eigenvalue weighted by molar-refractivity contribution is -0.156. The SMILES string of the molecule is CC(C)C[C@H](NC(=O)OCc1ccccc1)C(=O)NC(CC(=O)OC(C)(C)C)C(O)CF. The number of aliphatic hydroxyl groups excluding tert-OH is 1. The van der Waals surface area contributed by atoms with Crippen LogP contribution in [0.5, 0.6) is 0 Å². The van der Waals surface area contributed by atoms with Crippen LogP contribution in [0.4, 0.5) is 9.18 Å². The lowest BCUT2D eigenvalue weighted by atomic mass is 10.0. The van der Waals surface area contributed by atoms with Crippen molar-refractivity contribution in [3.63, 3.8) is 0 Å². The molecule has 2 unspecified atom stereocenters. The number of esters is 1. The minimum absolute atomic E-state index is 0.0323. The Morgan fingerprint density at radius 3 is 2.25 bits per heavy atom. The molecule has 0 saturated heterocycles. The Morgan fingerprint density at radius 1 is 1.09 bits per heavy atom. The van der Waals surface area contributed by atoms with E-state index >= 15 is 0 Å². The van der Waals surface area contributed by atoms with E-state index < -0.39 is 54.9 Å². The number of hydrogen-bond acceptors (Lipinski definition) is 6. The normalized spacial score (nSPS) is 14.2. The number of carbonyl (C=O) groups excluding carboxylic acids is 3. The van der Waals surface area contributed by atoms with Crippen molar-refractivity contribution in [2.45, 2.75) is 77.9 Å². The molecule has 9 heteroatoms. The monoisotopic (exact) mass is 454 g/mol. The number of ether oxygens (including phenoxy) is 2. The first-order chi connectivity index (χ1) is 14.9. The molecular weight excluding hydrogens is 419 g/mol. The van der Waals surface area contributed by atoms with Gasteiger partial charge in [0.2, 0.25) is 5.91 Å². The van der Waals surface area contributed by atoms with Crippen molar-refractivity contribution >= 4 is 18.0 Å². The van der Waals surface area contributed by atoms with Crippen molar-refractivity contribution in [2.75, 3.05) is 6.67 Å². The number of benzene rings is 1. The highest BCUT2D eigenvalue weighted by atomic mass is 19.1. The Labute approximate surface area is 188 Å². The average molecular weight is 455 g/mol. The summed E-state index contributed by atoms with van der Waals surface area (Å²) in [5.41, 5.74) is 0.0207. The summed E-state index contributed by atoms with van der Waals surface area (Å²) < 4.78 is 23.5. The molecule has 0 aliphatic heterocycles. The highest BCUT2D eigenvalue weighted by Crippen LogP contribution is 2.12. The van der Waals surface area contributed by atoms with Crippen LogP contribution in [0.15, 0.2) is 30.3 Å². The first-order valence-electron chi connectivity index (χ1n) is 10.6. The lowest BCUT2D eigenvalue weighted by Crippen LogP contribution is -2.54. The summed E-state index contributed by atoms with van der Waals surface area (Å²) in [5.74, 6) is -1.31. The van der Waals surface area contributed by atoms with Gasteiger partial charge in [0.05, 0.1) is 12.5 Å². The smallest absolute Gasteiger partial charge is 0.408 e. The third-order valence-corrected chi connectivity index (χ3v) is 4.29. The van der Waals surface area contributed by atoms with Gasteiger partial charge in [-0.05, 0) is 38.7 Å².